The third-order valence-corrected chi connectivity index (χ3v) is 5.12. The van der Waals surface area contributed by atoms with E-state index in [0.29, 0.717) is 18.8 Å². The summed E-state index contributed by atoms with van der Waals surface area (Å²) in [7, 11) is 1.66. The van der Waals surface area contributed by atoms with Gasteiger partial charge in [0.25, 0.3) is 5.56 Å². The third kappa shape index (κ3) is 4.25. The van der Waals surface area contributed by atoms with Gasteiger partial charge in [-0.1, -0.05) is 60.1 Å². The molecule has 0 saturated heterocycles. The summed E-state index contributed by atoms with van der Waals surface area (Å²) in [6, 6.07) is 21.8. The van der Waals surface area contributed by atoms with Crippen molar-refractivity contribution >= 4 is 28.1 Å². The normalized spacial score (nSPS) is 10.8. The molecule has 0 atom stereocenters. The molecule has 0 saturated carbocycles. The van der Waals surface area contributed by atoms with Gasteiger partial charge in [0.15, 0.2) is 0 Å². The molecule has 6 heteroatoms. The van der Waals surface area contributed by atoms with Crippen LogP contribution in [-0.2, 0) is 13.1 Å². The smallest absolute Gasteiger partial charge is 0.287 e. The number of halogens is 1. The van der Waals surface area contributed by atoms with Crippen LogP contribution < -0.4 is 15.6 Å². The van der Waals surface area contributed by atoms with Gasteiger partial charge in [0.05, 0.1) is 25.5 Å². The molecule has 0 bridgehead atoms. The van der Waals surface area contributed by atoms with Crippen molar-refractivity contribution in [3.63, 3.8) is 0 Å². The summed E-state index contributed by atoms with van der Waals surface area (Å²) in [5.74, 6) is 0.831. The predicted molar refractivity (Wildman–Crippen MR) is 117 cm³/mol. The molecule has 4 aromatic rings. The third-order valence-electron chi connectivity index (χ3n) is 4.75. The number of fused-ring (bicyclic) bond motifs is 1. The lowest BCUT2D eigenvalue weighted by atomic mass is 10.1. The maximum absolute atomic E-state index is 12.6. The zero-order valence-corrected chi connectivity index (χ0v) is 16.7. The Morgan fingerprint density at radius 2 is 1.76 bits per heavy atom. The van der Waals surface area contributed by atoms with Crippen LogP contribution in [0, 0.1) is 0 Å². The number of hydrogen-bond acceptors (Lipinski definition) is 4. The fraction of sp³-hybridized carbons (Fsp3) is 0.130. The van der Waals surface area contributed by atoms with Gasteiger partial charge in [-0.15, -0.1) is 0 Å². The molecule has 146 valence electrons. The van der Waals surface area contributed by atoms with E-state index in [1.807, 2.05) is 60.7 Å². The lowest BCUT2D eigenvalue weighted by molar-refractivity contribution is 0.415. The summed E-state index contributed by atoms with van der Waals surface area (Å²) in [5.41, 5.74) is 2.28. The van der Waals surface area contributed by atoms with Crippen molar-refractivity contribution < 1.29 is 4.74 Å². The minimum atomic E-state index is -0.314. The van der Waals surface area contributed by atoms with Crippen LogP contribution in [0.5, 0.6) is 5.75 Å². The van der Waals surface area contributed by atoms with Crippen molar-refractivity contribution in [2.75, 3.05) is 12.4 Å². The molecule has 1 heterocycles. The van der Waals surface area contributed by atoms with Crippen molar-refractivity contribution in [2.45, 2.75) is 13.1 Å². The maximum Gasteiger partial charge on any atom is 0.287 e. The van der Waals surface area contributed by atoms with Crippen LogP contribution in [0.25, 0.3) is 10.8 Å². The summed E-state index contributed by atoms with van der Waals surface area (Å²) >= 11 is 6.31. The fourth-order valence-electron chi connectivity index (χ4n) is 3.16. The number of anilines is 1. The number of rotatable bonds is 6. The quantitative estimate of drug-likeness (QED) is 0.504. The van der Waals surface area contributed by atoms with Gasteiger partial charge < -0.3 is 10.1 Å². The van der Waals surface area contributed by atoms with Crippen LogP contribution in [0.3, 0.4) is 0 Å². The van der Waals surface area contributed by atoms with Crippen LogP contribution in [0.1, 0.15) is 11.1 Å². The second-order valence-electron chi connectivity index (χ2n) is 6.72. The number of methoxy groups -OCH3 is 1. The van der Waals surface area contributed by atoms with Crippen molar-refractivity contribution in [2.24, 2.45) is 0 Å². The SMILES string of the molecule is COc1ccc2cc(CNc3cnn(Cc4ccccc4)c(=O)c3Cl)ccc2c1. The minimum Gasteiger partial charge on any atom is -0.497 e. The number of hydrogen-bond donors (Lipinski definition) is 1. The Balaban J connectivity index is 1.50. The Hall–Kier alpha value is -3.31. The van der Waals surface area contributed by atoms with Crippen LogP contribution >= 0.6 is 11.6 Å². The first-order valence-electron chi connectivity index (χ1n) is 9.24. The van der Waals surface area contributed by atoms with E-state index in [0.717, 1.165) is 27.6 Å². The first-order valence-corrected chi connectivity index (χ1v) is 9.62. The molecule has 0 unspecified atom stereocenters. The van der Waals surface area contributed by atoms with Gasteiger partial charge in [-0.05, 0) is 40.1 Å². The Kier molecular flexibility index (Phi) is 5.49. The lowest BCUT2D eigenvalue weighted by Crippen LogP contribution is -2.24. The van der Waals surface area contributed by atoms with Crippen LogP contribution in [0.2, 0.25) is 5.02 Å². The molecule has 0 amide bonds. The van der Waals surface area contributed by atoms with Gasteiger partial charge in [-0.2, -0.15) is 5.10 Å². The van der Waals surface area contributed by atoms with E-state index in [-0.39, 0.29) is 10.6 Å². The largest absolute Gasteiger partial charge is 0.497 e. The number of ether oxygens (including phenoxy) is 1. The highest BCUT2D eigenvalue weighted by Gasteiger charge is 2.10. The number of nitrogens with zero attached hydrogens (tertiary/aromatic N) is 2. The highest BCUT2D eigenvalue weighted by molar-refractivity contribution is 6.32. The number of benzene rings is 3. The van der Waals surface area contributed by atoms with Gasteiger partial charge in [0.2, 0.25) is 0 Å². The average molecular weight is 406 g/mol. The Morgan fingerprint density at radius 1 is 1.00 bits per heavy atom. The van der Waals surface area contributed by atoms with Gasteiger partial charge >= 0.3 is 0 Å². The Labute approximate surface area is 173 Å². The van der Waals surface area contributed by atoms with Crippen molar-refractivity contribution in [3.05, 3.63) is 99.4 Å². The van der Waals surface area contributed by atoms with E-state index in [9.17, 15) is 4.79 Å². The number of aromatic nitrogens is 2. The zero-order valence-electron chi connectivity index (χ0n) is 15.9. The molecular formula is C23H20ClN3O2. The van der Waals surface area contributed by atoms with E-state index < -0.39 is 0 Å². The molecule has 0 aliphatic heterocycles. The predicted octanol–water partition coefficient (Wildman–Crippen LogP) is 4.72. The van der Waals surface area contributed by atoms with E-state index in [2.05, 4.69) is 16.5 Å². The standard InChI is InChI=1S/C23H20ClN3O2/c1-29-20-10-9-18-11-17(7-8-19(18)12-20)13-25-21-14-26-27(23(28)22(21)24)15-16-5-3-2-4-6-16/h2-12,14,25H,13,15H2,1H3. The molecule has 3 aromatic carbocycles. The topological polar surface area (TPSA) is 56.1 Å². The van der Waals surface area contributed by atoms with Crippen LogP contribution in [-0.4, -0.2) is 16.9 Å². The maximum atomic E-state index is 12.6. The summed E-state index contributed by atoms with van der Waals surface area (Å²) in [4.78, 5) is 12.6. The monoisotopic (exact) mass is 405 g/mol. The molecule has 0 spiro atoms. The molecule has 1 aromatic heterocycles. The van der Waals surface area contributed by atoms with Gasteiger partial charge in [-0.25, -0.2) is 4.68 Å². The molecule has 29 heavy (non-hydrogen) atoms. The molecule has 4 rings (SSSR count). The summed E-state index contributed by atoms with van der Waals surface area (Å²) in [6.07, 6.45) is 1.60. The van der Waals surface area contributed by atoms with E-state index >= 15 is 0 Å². The minimum absolute atomic E-state index is 0.140. The van der Waals surface area contributed by atoms with Crippen molar-refractivity contribution in [1.82, 2.24) is 9.78 Å². The van der Waals surface area contributed by atoms with E-state index in [1.54, 1.807) is 13.3 Å². The van der Waals surface area contributed by atoms with Gasteiger partial charge in [0.1, 0.15) is 10.8 Å². The van der Waals surface area contributed by atoms with Crippen LogP contribution in [0.15, 0.2) is 77.7 Å². The van der Waals surface area contributed by atoms with E-state index in [4.69, 9.17) is 16.3 Å². The summed E-state index contributed by atoms with van der Waals surface area (Å²) < 4.78 is 6.63. The molecule has 5 nitrogen and oxygen atoms in total. The van der Waals surface area contributed by atoms with Gasteiger partial charge in [-0.3, -0.25) is 4.79 Å². The fourth-order valence-corrected chi connectivity index (χ4v) is 3.38. The Bertz CT molecular complexity index is 1210. The average Bonchev–Trinajstić information content (AvgIpc) is 2.76. The first kappa shape index (κ1) is 19.0. The number of nitrogens with one attached hydrogen (secondary N) is 1. The molecule has 1 N–H and O–H groups in total. The van der Waals surface area contributed by atoms with Crippen LogP contribution in [0.4, 0.5) is 5.69 Å². The van der Waals surface area contributed by atoms with Crippen molar-refractivity contribution in [1.29, 1.82) is 0 Å². The highest BCUT2D eigenvalue weighted by Crippen LogP contribution is 2.23. The summed E-state index contributed by atoms with van der Waals surface area (Å²) in [5, 5.41) is 9.84. The second-order valence-corrected chi connectivity index (χ2v) is 7.10. The van der Waals surface area contributed by atoms with Gasteiger partial charge in [0, 0.05) is 6.54 Å². The highest BCUT2D eigenvalue weighted by atomic mass is 35.5. The molecule has 0 aliphatic carbocycles. The molecular weight excluding hydrogens is 386 g/mol. The zero-order chi connectivity index (χ0) is 20.2. The van der Waals surface area contributed by atoms with E-state index in [1.165, 1.54) is 4.68 Å². The van der Waals surface area contributed by atoms with Crippen molar-refractivity contribution in [3.8, 4) is 5.75 Å². The first-order chi connectivity index (χ1) is 14.1. The molecule has 0 fully saturated rings. The molecule has 0 aliphatic rings. The molecule has 0 radical (unpaired) electrons. The lowest BCUT2D eigenvalue weighted by Gasteiger charge is -2.11. The Morgan fingerprint density at radius 3 is 2.55 bits per heavy atom. The second kappa shape index (κ2) is 8.37. The summed E-state index contributed by atoms with van der Waals surface area (Å²) in [6.45, 7) is 0.916.